The Bertz CT molecular complexity index is 777. The largest absolute Gasteiger partial charge is 0.469 e. The second-order valence-corrected chi connectivity index (χ2v) is 6.73. The average molecular weight is 343 g/mol. The van der Waals surface area contributed by atoms with Crippen molar-refractivity contribution in [3.63, 3.8) is 0 Å². The fourth-order valence-electron chi connectivity index (χ4n) is 3.28. The molecule has 4 nitrogen and oxygen atoms in total. The van der Waals surface area contributed by atoms with Crippen molar-refractivity contribution >= 4 is 23.5 Å². The summed E-state index contributed by atoms with van der Waals surface area (Å²) in [5, 5.41) is 0. The number of benzene rings is 1. The van der Waals surface area contributed by atoms with Crippen LogP contribution in [0.4, 0.5) is 0 Å². The Labute approximate surface area is 146 Å². The van der Waals surface area contributed by atoms with Gasteiger partial charge in [-0.15, -0.1) is 11.8 Å². The zero-order chi connectivity index (χ0) is 17.3. The highest BCUT2D eigenvalue weighted by Gasteiger charge is 2.34. The van der Waals surface area contributed by atoms with Crippen molar-refractivity contribution in [1.82, 2.24) is 4.57 Å². The molecule has 1 aliphatic heterocycles. The number of hydrogen-bond donors (Lipinski definition) is 0. The second-order valence-electron chi connectivity index (χ2n) is 5.88. The summed E-state index contributed by atoms with van der Waals surface area (Å²) in [6, 6.07) is 9.73. The molecule has 3 rings (SSSR count). The van der Waals surface area contributed by atoms with Crippen LogP contribution in [0.5, 0.6) is 0 Å². The molecule has 1 atom stereocenters. The van der Waals surface area contributed by atoms with Gasteiger partial charge >= 0.3 is 5.97 Å². The van der Waals surface area contributed by atoms with Gasteiger partial charge in [0.2, 0.25) is 5.78 Å². The predicted molar refractivity (Wildman–Crippen MR) is 94.8 cm³/mol. The summed E-state index contributed by atoms with van der Waals surface area (Å²) in [6.07, 6.45) is 3.59. The first-order valence-electron chi connectivity index (χ1n) is 8.09. The van der Waals surface area contributed by atoms with Gasteiger partial charge in [-0.25, -0.2) is 0 Å². The van der Waals surface area contributed by atoms with Crippen LogP contribution in [-0.2, 0) is 22.5 Å². The van der Waals surface area contributed by atoms with Gasteiger partial charge in [0.05, 0.1) is 13.0 Å². The Morgan fingerprint density at radius 2 is 2.00 bits per heavy atom. The van der Waals surface area contributed by atoms with Crippen molar-refractivity contribution in [1.29, 1.82) is 0 Å². The van der Waals surface area contributed by atoms with Gasteiger partial charge in [0.15, 0.2) is 0 Å². The SMILES string of the molecule is CCc1ccc(C(=O)c2c(SC)cc3n2CCC3C(=O)OC)cc1. The van der Waals surface area contributed by atoms with E-state index in [9.17, 15) is 9.59 Å². The van der Waals surface area contributed by atoms with Crippen molar-refractivity contribution in [3.8, 4) is 0 Å². The predicted octanol–water partition coefficient (Wildman–Crippen LogP) is 3.66. The topological polar surface area (TPSA) is 48.3 Å². The standard InChI is InChI=1S/C19H21NO3S/c1-4-12-5-7-13(8-6-12)18(21)17-16(24-3)11-15-14(19(22)23-2)9-10-20(15)17/h5-8,11,14H,4,9-10H2,1-3H3. The van der Waals surface area contributed by atoms with Crippen LogP contribution in [0.15, 0.2) is 35.2 Å². The van der Waals surface area contributed by atoms with Crippen LogP contribution >= 0.6 is 11.8 Å². The van der Waals surface area contributed by atoms with Gasteiger partial charge in [-0.05, 0) is 30.7 Å². The minimum absolute atomic E-state index is 0.0127. The quantitative estimate of drug-likeness (QED) is 0.472. The fraction of sp³-hybridized carbons (Fsp3) is 0.368. The summed E-state index contributed by atoms with van der Waals surface area (Å²) < 4.78 is 6.89. The van der Waals surface area contributed by atoms with E-state index in [2.05, 4.69) is 6.92 Å². The molecule has 0 aliphatic carbocycles. The zero-order valence-electron chi connectivity index (χ0n) is 14.2. The smallest absolute Gasteiger partial charge is 0.314 e. The maximum atomic E-state index is 13.0. The normalized spacial score (nSPS) is 16.0. The number of aromatic nitrogens is 1. The van der Waals surface area contributed by atoms with Crippen LogP contribution in [0.3, 0.4) is 0 Å². The number of fused-ring (bicyclic) bond motifs is 1. The van der Waals surface area contributed by atoms with Crippen LogP contribution in [0.25, 0.3) is 0 Å². The van der Waals surface area contributed by atoms with Crippen LogP contribution in [-0.4, -0.2) is 29.7 Å². The highest BCUT2D eigenvalue weighted by Crippen LogP contribution is 2.37. The van der Waals surface area contributed by atoms with Crippen molar-refractivity contribution in [2.24, 2.45) is 0 Å². The molecular formula is C19H21NO3S. The third kappa shape index (κ3) is 2.77. The molecule has 2 heterocycles. The number of nitrogens with zero attached hydrogens (tertiary/aromatic N) is 1. The Hall–Kier alpha value is -2.01. The van der Waals surface area contributed by atoms with Gasteiger partial charge in [-0.2, -0.15) is 0 Å². The number of hydrogen-bond acceptors (Lipinski definition) is 4. The summed E-state index contributed by atoms with van der Waals surface area (Å²) in [5.74, 6) is -0.492. The maximum Gasteiger partial charge on any atom is 0.314 e. The van der Waals surface area contributed by atoms with Gasteiger partial charge in [0, 0.05) is 22.7 Å². The Morgan fingerprint density at radius 1 is 1.29 bits per heavy atom. The van der Waals surface area contributed by atoms with Crippen LogP contribution in [0, 0.1) is 0 Å². The molecule has 24 heavy (non-hydrogen) atoms. The lowest BCUT2D eigenvalue weighted by molar-refractivity contribution is -0.142. The number of aryl methyl sites for hydroxylation is 1. The van der Waals surface area contributed by atoms with Gasteiger partial charge < -0.3 is 9.30 Å². The lowest BCUT2D eigenvalue weighted by Crippen LogP contribution is -2.12. The molecule has 5 heteroatoms. The minimum atomic E-state index is -0.273. The zero-order valence-corrected chi connectivity index (χ0v) is 15.0. The molecule has 1 aromatic heterocycles. The van der Waals surface area contributed by atoms with Crippen molar-refractivity contribution in [2.45, 2.75) is 37.1 Å². The lowest BCUT2D eigenvalue weighted by atomic mass is 10.0. The summed E-state index contributed by atoms with van der Waals surface area (Å²) in [7, 11) is 1.41. The van der Waals surface area contributed by atoms with Crippen LogP contribution in [0.1, 0.15) is 46.6 Å². The molecule has 0 saturated heterocycles. The summed E-state index contributed by atoms with van der Waals surface area (Å²) in [6.45, 7) is 2.76. The second kappa shape index (κ2) is 6.85. The third-order valence-electron chi connectivity index (χ3n) is 4.64. The Balaban J connectivity index is 2.01. The van der Waals surface area contributed by atoms with Crippen LogP contribution in [0.2, 0.25) is 0 Å². The number of carbonyl (C=O) groups is 2. The lowest BCUT2D eigenvalue weighted by Gasteiger charge is -2.08. The molecule has 0 radical (unpaired) electrons. The molecular weight excluding hydrogens is 322 g/mol. The minimum Gasteiger partial charge on any atom is -0.469 e. The fourth-order valence-corrected chi connectivity index (χ4v) is 3.91. The highest BCUT2D eigenvalue weighted by molar-refractivity contribution is 7.98. The summed E-state index contributed by atoms with van der Waals surface area (Å²) in [5.41, 5.74) is 3.47. The number of methoxy groups -OCH3 is 1. The number of ketones is 1. The third-order valence-corrected chi connectivity index (χ3v) is 5.39. The van der Waals surface area contributed by atoms with E-state index in [4.69, 9.17) is 4.74 Å². The van der Waals surface area contributed by atoms with E-state index in [0.717, 1.165) is 17.0 Å². The van der Waals surface area contributed by atoms with Gasteiger partial charge in [0.1, 0.15) is 5.69 Å². The number of esters is 1. The first-order valence-corrected chi connectivity index (χ1v) is 9.32. The summed E-state index contributed by atoms with van der Waals surface area (Å²) >= 11 is 1.54. The Kier molecular flexibility index (Phi) is 4.81. The van der Waals surface area contributed by atoms with E-state index in [1.165, 1.54) is 24.4 Å². The number of rotatable bonds is 5. The molecule has 1 aromatic carbocycles. The molecule has 1 unspecified atom stereocenters. The monoisotopic (exact) mass is 343 g/mol. The van der Waals surface area contributed by atoms with Crippen molar-refractivity contribution in [3.05, 3.63) is 52.8 Å². The highest BCUT2D eigenvalue weighted by atomic mass is 32.2. The van der Waals surface area contributed by atoms with E-state index in [1.54, 1.807) is 0 Å². The number of carbonyl (C=O) groups excluding carboxylic acids is 2. The van der Waals surface area contributed by atoms with Crippen molar-refractivity contribution < 1.29 is 14.3 Å². The molecule has 0 amide bonds. The Morgan fingerprint density at radius 3 is 2.58 bits per heavy atom. The van der Waals surface area contributed by atoms with Gasteiger partial charge in [-0.1, -0.05) is 31.2 Å². The van der Waals surface area contributed by atoms with E-state index in [-0.39, 0.29) is 17.7 Å². The number of ether oxygens (including phenoxy) is 1. The molecule has 126 valence electrons. The van der Waals surface area contributed by atoms with E-state index in [1.807, 2.05) is 41.2 Å². The molecule has 0 fully saturated rings. The number of thioether (sulfide) groups is 1. The van der Waals surface area contributed by atoms with Crippen LogP contribution < -0.4 is 0 Å². The van der Waals surface area contributed by atoms with Crippen molar-refractivity contribution in [2.75, 3.05) is 13.4 Å². The van der Waals surface area contributed by atoms with E-state index in [0.29, 0.717) is 24.2 Å². The van der Waals surface area contributed by atoms with E-state index < -0.39 is 0 Å². The molecule has 0 bridgehead atoms. The van der Waals surface area contributed by atoms with Gasteiger partial charge in [0.25, 0.3) is 0 Å². The van der Waals surface area contributed by atoms with E-state index >= 15 is 0 Å². The first-order chi connectivity index (χ1) is 11.6. The average Bonchev–Trinajstić information content (AvgIpc) is 3.19. The molecule has 2 aromatic rings. The molecule has 0 N–H and O–H groups in total. The maximum absolute atomic E-state index is 13.0. The summed E-state index contributed by atoms with van der Waals surface area (Å²) in [4.78, 5) is 25.9. The molecule has 0 saturated carbocycles. The first kappa shape index (κ1) is 16.8. The molecule has 0 spiro atoms. The van der Waals surface area contributed by atoms with Gasteiger partial charge in [-0.3, -0.25) is 9.59 Å². The molecule has 1 aliphatic rings.